The first-order valence-electron chi connectivity index (χ1n) is 7.46. The van der Waals surface area contributed by atoms with Gasteiger partial charge >= 0.3 is 5.97 Å². The van der Waals surface area contributed by atoms with E-state index in [-0.39, 0.29) is 23.4 Å². The molecule has 1 heterocycles. The van der Waals surface area contributed by atoms with Crippen LogP contribution in [0.4, 0.5) is 0 Å². The smallest absolute Gasteiger partial charge is 0.309 e. The molecule has 1 aromatic heterocycles. The average molecular weight is 337 g/mol. The van der Waals surface area contributed by atoms with Gasteiger partial charge in [0.25, 0.3) is 0 Å². The van der Waals surface area contributed by atoms with Crippen LogP contribution in [0.2, 0.25) is 0 Å². The van der Waals surface area contributed by atoms with Gasteiger partial charge < -0.3 is 9.72 Å². The number of H-pyrrole nitrogens is 1. The average Bonchev–Trinajstić information content (AvgIpc) is 2.84. The van der Waals surface area contributed by atoms with Gasteiger partial charge in [-0.05, 0) is 31.0 Å². The number of rotatable bonds is 5. The summed E-state index contributed by atoms with van der Waals surface area (Å²) in [6.07, 6.45) is 2.86. The van der Waals surface area contributed by atoms with Crippen LogP contribution in [0.5, 0.6) is 0 Å². The second-order valence-corrected chi connectivity index (χ2v) is 8.04. The molecule has 23 heavy (non-hydrogen) atoms. The summed E-state index contributed by atoms with van der Waals surface area (Å²) in [7, 11) is -0.524. The number of aromatic amines is 1. The lowest BCUT2D eigenvalue weighted by molar-refractivity contribution is -0.153. The van der Waals surface area contributed by atoms with Crippen LogP contribution in [0, 0.1) is 5.92 Å². The van der Waals surface area contributed by atoms with Gasteiger partial charge in [-0.25, -0.2) is 17.7 Å². The Balaban J connectivity index is 1.78. The van der Waals surface area contributed by atoms with Crippen LogP contribution in [-0.2, 0) is 26.2 Å². The monoisotopic (exact) mass is 337 g/mol. The minimum atomic E-state index is -3.49. The van der Waals surface area contributed by atoms with E-state index < -0.39 is 10.0 Å². The number of aromatic nitrogens is 2. The van der Waals surface area contributed by atoms with E-state index >= 15 is 0 Å². The molecule has 1 N–H and O–H groups in total. The first-order valence-corrected chi connectivity index (χ1v) is 8.90. The van der Waals surface area contributed by atoms with Crippen molar-refractivity contribution in [2.75, 3.05) is 14.1 Å². The summed E-state index contributed by atoms with van der Waals surface area (Å²) in [5.74, 6) is 0.343. The maximum Gasteiger partial charge on any atom is 0.309 e. The largest absolute Gasteiger partial charge is 0.457 e. The van der Waals surface area contributed by atoms with Gasteiger partial charge in [0.15, 0.2) is 0 Å². The van der Waals surface area contributed by atoms with Crippen molar-refractivity contribution in [2.45, 2.75) is 30.8 Å². The molecule has 0 spiro atoms. The normalized spacial score (nSPS) is 15.8. The first kappa shape index (κ1) is 15.9. The number of ether oxygens (including phenoxy) is 1. The Morgan fingerprint density at radius 1 is 1.39 bits per heavy atom. The van der Waals surface area contributed by atoms with Crippen molar-refractivity contribution in [3.05, 3.63) is 24.0 Å². The van der Waals surface area contributed by atoms with Gasteiger partial charge in [-0.3, -0.25) is 4.79 Å². The highest BCUT2D eigenvalue weighted by molar-refractivity contribution is 7.89. The zero-order valence-electron chi connectivity index (χ0n) is 13.1. The molecule has 3 rings (SSSR count). The van der Waals surface area contributed by atoms with Crippen molar-refractivity contribution < 1.29 is 17.9 Å². The molecule has 0 unspecified atom stereocenters. The molecular formula is C15H19N3O4S. The number of imidazole rings is 1. The van der Waals surface area contributed by atoms with Crippen molar-refractivity contribution in [3.63, 3.8) is 0 Å². The third kappa shape index (κ3) is 3.09. The molecule has 7 nitrogen and oxygen atoms in total. The minimum absolute atomic E-state index is 0.0243. The standard InChI is InChI=1S/C15H19N3O4S/c1-18(2)23(20,21)11-6-7-12-13(8-11)17-14(16-12)9-22-15(19)10-4-3-5-10/h6-8,10H,3-5,9H2,1-2H3,(H,16,17). The number of sulfonamides is 1. The first-order chi connectivity index (χ1) is 10.9. The summed E-state index contributed by atoms with van der Waals surface area (Å²) in [6, 6.07) is 4.69. The van der Waals surface area contributed by atoms with Gasteiger partial charge in [0.2, 0.25) is 10.0 Å². The van der Waals surface area contributed by atoms with Crippen LogP contribution >= 0.6 is 0 Å². The summed E-state index contributed by atoms with van der Waals surface area (Å²) < 4.78 is 30.7. The summed E-state index contributed by atoms with van der Waals surface area (Å²) in [6.45, 7) is 0.0692. The van der Waals surface area contributed by atoms with Crippen molar-refractivity contribution in [1.29, 1.82) is 0 Å². The van der Waals surface area contributed by atoms with E-state index in [1.54, 1.807) is 6.07 Å². The predicted octanol–water partition coefficient (Wildman–Crippen LogP) is 1.66. The molecule has 0 amide bonds. The molecular weight excluding hydrogens is 318 g/mol. The van der Waals surface area contributed by atoms with Crippen LogP contribution in [0.3, 0.4) is 0 Å². The number of hydrogen-bond donors (Lipinski definition) is 1. The van der Waals surface area contributed by atoms with Crippen LogP contribution in [0.25, 0.3) is 11.0 Å². The third-order valence-electron chi connectivity index (χ3n) is 4.07. The summed E-state index contributed by atoms with van der Waals surface area (Å²) in [5, 5.41) is 0. The highest BCUT2D eigenvalue weighted by atomic mass is 32.2. The number of fused-ring (bicyclic) bond motifs is 1. The lowest BCUT2D eigenvalue weighted by Crippen LogP contribution is -2.24. The maximum absolute atomic E-state index is 12.1. The number of esters is 1. The fraction of sp³-hybridized carbons (Fsp3) is 0.467. The van der Waals surface area contributed by atoms with Gasteiger partial charge in [-0.2, -0.15) is 0 Å². The Labute approximate surface area is 134 Å². The van der Waals surface area contributed by atoms with Crippen LogP contribution < -0.4 is 0 Å². The molecule has 0 bridgehead atoms. The minimum Gasteiger partial charge on any atom is -0.457 e. The van der Waals surface area contributed by atoms with E-state index in [9.17, 15) is 13.2 Å². The number of hydrogen-bond acceptors (Lipinski definition) is 5. The number of nitrogens with zero attached hydrogens (tertiary/aromatic N) is 2. The molecule has 124 valence electrons. The van der Waals surface area contributed by atoms with Crippen LogP contribution in [0.1, 0.15) is 25.1 Å². The Morgan fingerprint density at radius 2 is 2.13 bits per heavy atom. The lowest BCUT2D eigenvalue weighted by Gasteiger charge is -2.22. The van der Waals surface area contributed by atoms with Gasteiger partial charge in [-0.1, -0.05) is 6.42 Å². The summed E-state index contributed by atoms with van der Waals surface area (Å²) >= 11 is 0. The van der Waals surface area contributed by atoms with Gasteiger partial charge in [0, 0.05) is 14.1 Å². The van der Waals surface area contributed by atoms with Crippen LogP contribution in [-0.4, -0.2) is 42.8 Å². The maximum atomic E-state index is 12.1. The van der Waals surface area contributed by atoms with Crippen molar-refractivity contribution in [3.8, 4) is 0 Å². The fourth-order valence-corrected chi connectivity index (χ4v) is 3.31. The van der Waals surface area contributed by atoms with Crippen molar-refractivity contribution in [1.82, 2.24) is 14.3 Å². The van der Waals surface area contributed by atoms with E-state index in [4.69, 9.17) is 4.74 Å². The lowest BCUT2D eigenvalue weighted by atomic mass is 9.86. The summed E-state index contributed by atoms with van der Waals surface area (Å²) in [4.78, 5) is 19.2. The molecule has 0 radical (unpaired) electrons. The van der Waals surface area contributed by atoms with Crippen molar-refractivity contribution >= 4 is 27.0 Å². The molecule has 1 aromatic carbocycles. The van der Waals surface area contributed by atoms with Gasteiger partial charge in [-0.15, -0.1) is 0 Å². The topological polar surface area (TPSA) is 92.4 Å². The number of benzene rings is 1. The van der Waals surface area contributed by atoms with E-state index in [0.29, 0.717) is 16.9 Å². The molecule has 8 heteroatoms. The third-order valence-corrected chi connectivity index (χ3v) is 5.88. The SMILES string of the molecule is CN(C)S(=O)(=O)c1ccc2nc(COC(=O)C3CCC3)[nH]c2c1. The Bertz CT molecular complexity index is 838. The second kappa shape index (κ2) is 5.93. The van der Waals surface area contributed by atoms with E-state index in [0.717, 1.165) is 23.6 Å². The van der Waals surface area contributed by atoms with Gasteiger partial charge in [0.05, 0.1) is 21.8 Å². The molecule has 0 atom stereocenters. The predicted molar refractivity (Wildman–Crippen MR) is 84.1 cm³/mol. The van der Waals surface area contributed by atoms with E-state index in [1.165, 1.54) is 26.2 Å². The highest BCUT2D eigenvalue weighted by Crippen LogP contribution is 2.27. The number of nitrogens with one attached hydrogen (secondary N) is 1. The molecule has 0 saturated heterocycles. The molecule has 1 aliphatic carbocycles. The molecule has 1 fully saturated rings. The molecule has 0 aliphatic heterocycles. The van der Waals surface area contributed by atoms with E-state index in [1.807, 2.05) is 0 Å². The molecule has 1 aliphatic rings. The van der Waals surface area contributed by atoms with Gasteiger partial charge in [0.1, 0.15) is 12.4 Å². The second-order valence-electron chi connectivity index (χ2n) is 5.89. The Hall–Kier alpha value is -1.93. The number of carbonyl (C=O) groups is 1. The molecule has 1 saturated carbocycles. The number of carbonyl (C=O) groups excluding carboxylic acids is 1. The Kier molecular flexibility index (Phi) is 4.11. The highest BCUT2D eigenvalue weighted by Gasteiger charge is 2.26. The summed E-state index contributed by atoms with van der Waals surface area (Å²) in [5.41, 5.74) is 1.24. The quantitative estimate of drug-likeness (QED) is 0.838. The van der Waals surface area contributed by atoms with E-state index in [2.05, 4.69) is 9.97 Å². The molecule has 2 aromatic rings. The van der Waals surface area contributed by atoms with Crippen LogP contribution in [0.15, 0.2) is 23.1 Å². The zero-order valence-corrected chi connectivity index (χ0v) is 13.9. The Morgan fingerprint density at radius 3 is 2.74 bits per heavy atom. The fourth-order valence-electron chi connectivity index (χ4n) is 2.38. The zero-order chi connectivity index (χ0) is 16.6. The van der Waals surface area contributed by atoms with Crippen molar-refractivity contribution in [2.24, 2.45) is 5.92 Å².